The maximum Gasteiger partial charge on any atom is 0.253 e. The highest BCUT2D eigenvalue weighted by molar-refractivity contribution is 5.98. The van der Waals surface area contributed by atoms with Crippen molar-refractivity contribution in [2.24, 2.45) is 5.92 Å². The molecule has 2 aromatic rings. The molecular weight excluding hydrogens is 345 g/mol. The summed E-state index contributed by atoms with van der Waals surface area (Å²) in [6.07, 6.45) is 2.05. The van der Waals surface area contributed by atoms with Crippen LogP contribution in [0.1, 0.15) is 30.1 Å². The van der Waals surface area contributed by atoms with Crippen LogP contribution in [-0.4, -0.2) is 36.3 Å². The summed E-state index contributed by atoms with van der Waals surface area (Å²) in [6, 6.07) is 12.8. The number of rotatable bonds is 5. The van der Waals surface area contributed by atoms with Gasteiger partial charge in [-0.05, 0) is 61.2 Å². The number of anilines is 2. The van der Waals surface area contributed by atoms with Crippen molar-refractivity contribution >= 4 is 23.2 Å². The number of likely N-dealkylation sites (tertiary alicyclic amines) is 1. The summed E-state index contributed by atoms with van der Waals surface area (Å²) in [5, 5.41) is 5.71. The monoisotopic (exact) mass is 369 g/mol. The Kier molecular flexibility index (Phi) is 6.06. The molecule has 0 atom stereocenters. The normalized spacial score (nSPS) is 14.7. The summed E-state index contributed by atoms with van der Waals surface area (Å²) in [7, 11) is 0. The summed E-state index contributed by atoms with van der Waals surface area (Å²) in [5.41, 5.74) is 1.82. The van der Waals surface area contributed by atoms with Gasteiger partial charge in [-0.25, -0.2) is 4.39 Å². The first-order valence-electron chi connectivity index (χ1n) is 9.20. The van der Waals surface area contributed by atoms with Gasteiger partial charge in [0.15, 0.2) is 0 Å². The van der Waals surface area contributed by atoms with Crippen molar-refractivity contribution < 1.29 is 14.0 Å². The number of amides is 2. The van der Waals surface area contributed by atoms with E-state index in [4.69, 9.17) is 0 Å². The van der Waals surface area contributed by atoms with Crippen LogP contribution in [-0.2, 0) is 4.79 Å². The van der Waals surface area contributed by atoms with Crippen molar-refractivity contribution in [3.05, 3.63) is 59.9 Å². The number of carbonyl (C=O) groups is 2. The van der Waals surface area contributed by atoms with E-state index >= 15 is 0 Å². The lowest BCUT2D eigenvalue weighted by molar-refractivity contribution is -0.114. The first-order chi connectivity index (χ1) is 13.0. The lowest BCUT2D eigenvalue weighted by Gasteiger charge is -2.30. The van der Waals surface area contributed by atoms with Crippen LogP contribution in [0.2, 0.25) is 0 Å². The summed E-state index contributed by atoms with van der Waals surface area (Å²) >= 11 is 0. The molecule has 2 aromatic carbocycles. The van der Waals surface area contributed by atoms with E-state index in [1.54, 1.807) is 36.4 Å². The van der Waals surface area contributed by atoms with Gasteiger partial charge in [0.25, 0.3) is 5.91 Å². The highest BCUT2D eigenvalue weighted by Crippen LogP contribution is 2.19. The van der Waals surface area contributed by atoms with Gasteiger partial charge in [0, 0.05) is 30.0 Å². The molecule has 1 heterocycles. The summed E-state index contributed by atoms with van der Waals surface area (Å²) in [5.74, 6) is 0.0982. The predicted octanol–water partition coefficient (Wildman–Crippen LogP) is 3.75. The van der Waals surface area contributed by atoms with Crippen LogP contribution in [0.4, 0.5) is 15.8 Å². The molecule has 1 aliphatic heterocycles. The van der Waals surface area contributed by atoms with Crippen LogP contribution < -0.4 is 10.6 Å². The average molecular weight is 369 g/mol. The maximum atomic E-state index is 12.9. The van der Waals surface area contributed by atoms with Gasteiger partial charge in [0.05, 0.1) is 6.54 Å². The van der Waals surface area contributed by atoms with E-state index < -0.39 is 0 Å². The molecular formula is C21H24FN3O2. The second-order valence-electron chi connectivity index (χ2n) is 6.96. The Hall–Kier alpha value is -2.89. The molecule has 0 aliphatic carbocycles. The second-order valence-corrected chi connectivity index (χ2v) is 6.96. The van der Waals surface area contributed by atoms with Crippen molar-refractivity contribution in [3.63, 3.8) is 0 Å². The lowest BCUT2D eigenvalue weighted by atomic mass is 9.98. The number of piperidine rings is 1. The van der Waals surface area contributed by atoms with Gasteiger partial charge in [-0.3, -0.25) is 9.59 Å². The topological polar surface area (TPSA) is 61.4 Å². The predicted molar refractivity (Wildman–Crippen MR) is 104 cm³/mol. The van der Waals surface area contributed by atoms with Crippen LogP contribution in [0.5, 0.6) is 0 Å². The van der Waals surface area contributed by atoms with Crippen LogP contribution >= 0.6 is 0 Å². The highest BCUT2D eigenvalue weighted by Gasteiger charge is 2.21. The van der Waals surface area contributed by atoms with Gasteiger partial charge >= 0.3 is 0 Å². The number of nitrogens with zero attached hydrogens (tertiary/aromatic N) is 1. The maximum absolute atomic E-state index is 12.9. The molecule has 5 nitrogen and oxygen atoms in total. The lowest BCUT2D eigenvalue weighted by Crippen LogP contribution is -2.37. The van der Waals surface area contributed by atoms with Gasteiger partial charge in [-0.2, -0.15) is 0 Å². The van der Waals surface area contributed by atoms with Gasteiger partial charge in [0.2, 0.25) is 5.91 Å². The Balaban J connectivity index is 1.55. The molecule has 0 saturated carbocycles. The van der Waals surface area contributed by atoms with Crippen LogP contribution in [0.25, 0.3) is 0 Å². The average Bonchev–Trinajstić information content (AvgIpc) is 2.68. The minimum absolute atomic E-state index is 0.00226. The second kappa shape index (κ2) is 8.66. The molecule has 2 N–H and O–H groups in total. The van der Waals surface area contributed by atoms with E-state index in [1.165, 1.54) is 12.1 Å². The Morgan fingerprint density at radius 2 is 1.78 bits per heavy atom. The molecule has 0 radical (unpaired) electrons. The first kappa shape index (κ1) is 18.9. The SMILES string of the molecule is CC1CCN(C(=O)c2cccc(NC(=O)CNc3ccc(F)cc3)c2)CC1. The van der Waals surface area contributed by atoms with E-state index in [0.717, 1.165) is 25.9 Å². The number of benzene rings is 2. The molecule has 1 fully saturated rings. The molecule has 6 heteroatoms. The Morgan fingerprint density at radius 1 is 1.07 bits per heavy atom. The highest BCUT2D eigenvalue weighted by atomic mass is 19.1. The van der Waals surface area contributed by atoms with Gasteiger partial charge in [0.1, 0.15) is 5.82 Å². The van der Waals surface area contributed by atoms with Crippen molar-refractivity contribution in [3.8, 4) is 0 Å². The van der Waals surface area contributed by atoms with Crippen LogP contribution in [0.15, 0.2) is 48.5 Å². The molecule has 1 saturated heterocycles. The molecule has 0 unspecified atom stereocenters. The first-order valence-corrected chi connectivity index (χ1v) is 9.20. The third kappa shape index (κ3) is 5.29. The fraction of sp³-hybridized carbons (Fsp3) is 0.333. The summed E-state index contributed by atoms with van der Waals surface area (Å²) in [4.78, 5) is 26.7. The zero-order chi connectivity index (χ0) is 19.2. The summed E-state index contributed by atoms with van der Waals surface area (Å²) < 4.78 is 12.9. The molecule has 0 spiro atoms. The molecule has 0 aromatic heterocycles. The van der Waals surface area contributed by atoms with Crippen LogP contribution in [0.3, 0.4) is 0 Å². The fourth-order valence-electron chi connectivity index (χ4n) is 3.08. The van der Waals surface area contributed by atoms with E-state index in [2.05, 4.69) is 17.6 Å². The molecule has 1 aliphatic rings. The van der Waals surface area contributed by atoms with Gasteiger partial charge in [-0.1, -0.05) is 13.0 Å². The minimum Gasteiger partial charge on any atom is -0.376 e. The van der Waals surface area contributed by atoms with E-state index in [9.17, 15) is 14.0 Å². The third-order valence-corrected chi connectivity index (χ3v) is 4.76. The number of hydrogen-bond acceptors (Lipinski definition) is 3. The smallest absolute Gasteiger partial charge is 0.253 e. The molecule has 142 valence electrons. The van der Waals surface area contributed by atoms with E-state index in [1.807, 2.05) is 4.90 Å². The molecule has 27 heavy (non-hydrogen) atoms. The van der Waals surface area contributed by atoms with Crippen LogP contribution in [0, 0.1) is 11.7 Å². The van der Waals surface area contributed by atoms with Gasteiger partial charge in [-0.15, -0.1) is 0 Å². The van der Waals surface area contributed by atoms with Crippen molar-refractivity contribution in [1.29, 1.82) is 0 Å². The van der Waals surface area contributed by atoms with Crippen molar-refractivity contribution in [1.82, 2.24) is 4.90 Å². The zero-order valence-electron chi connectivity index (χ0n) is 15.4. The largest absolute Gasteiger partial charge is 0.376 e. The van der Waals surface area contributed by atoms with E-state index in [0.29, 0.717) is 22.9 Å². The number of carbonyl (C=O) groups excluding carboxylic acids is 2. The summed E-state index contributed by atoms with van der Waals surface area (Å²) in [6.45, 7) is 3.81. The zero-order valence-corrected chi connectivity index (χ0v) is 15.4. The molecule has 3 rings (SSSR count). The molecule has 0 bridgehead atoms. The minimum atomic E-state index is -0.324. The number of hydrogen-bond donors (Lipinski definition) is 2. The number of nitrogens with one attached hydrogen (secondary N) is 2. The van der Waals surface area contributed by atoms with E-state index in [-0.39, 0.29) is 24.2 Å². The Morgan fingerprint density at radius 3 is 2.48 bits per heavy atom. The fourth-order valence-corrected chi connectivity index (χ4v) is 3.08. The third-order valence-electron chi connectivity index (χ3n) is 4.76. The Labute approximate surface area is 158 Å². The number of halogens is 1. The van der Waals surface area contributed by atoms with Crippen molar-refractivity contribution in [2.75, 3.05) is 30.3 Å². The Bertz CT molecular complexity index is 799. The van der Waals surface area contributed by atoms with Crippen molar-refractivity contribution in [2.45, 2.75) is 19.8 Å². The molecule has 2 amide bonds. The standard InChI is InChI=1S/C21H24FN3O2/c1-15-9-11-25(12-10-15)21(27)16-3-2-4-19(13-16)24-20(26)14-23-18-7-5-17(22)6-8-18/h2-8,13,15,23H,9-12,14H2,1H3,(H,24,26). The quantitative estimate of drug-likeness (QED) is 0.844. The van der Waals surface area contributed by atoms with Gasteiger partial charge < -0.3 is 15.5 Å².